The average Bonchev–Trinajstić information content (AvgIpc) is 3.17. The summed E-state index contributed by atoms with van der Waals surface area (Å²) in [5.74, 6) is 0.615. The molecule has 0 bridgehead atoms. The van der Waals surface area contributed by atoms with E-state index in [0.717, 1.165) is 28.4 Å². The van der Waals surface area contributed by atoms with E-state index in [-0.39, 0.29) is 6.42 Å². The van der Waals surface area contributed by atoms with E-state index in [1.807, 2.05) is 19.9 Å². The maximum atomic E-state index is 12.8. The van der Waals surface area contributed by atoms with Gasteiger partial charge in [0.15, 0.2) is 5.60 Å². The van der Waals surface area contributed by atoms with Crippen molar-refractivity contribution in [1.29, 1.82) is 0 Å². The van der Waals surface area contributed by atoms with Gasteiger partial charge in [-0.1, -0.05) is 6.08 Å². The number of allylic oxidation sites excluding steroid dienone is 2. The lowest BCUT2D eigenvalue weighted by molar-refractivity contribution is -0.174. The van der Waals surface area contributed by atoms with E-state index in [1.54, 1.807) is 38.1 Å². The predicted octanol–water partition coefficient (Wildman–Crippen LogP) is 3.43. The summed E-state index contributed by atoms with van der Waals surface area (Å²) in [4.78, 5) is 35.9. The summed E-state index contributed by atoms with van der Waals surface area (Å²) >= 11 is 0. The van der Waals surface area contributed by atoms with Crippen molar-refractivity contribution in [3.05, 3.63) is 74.9 Å². The normalized spacial score (nSPS) is 20.1. The number of carbonyl (C=O) groups is 2. The number of ether oxygens (including phenoxy) is 2. The number of aldehydes is 1. The summed E-state index contributed by atoms with van der Waals surface area (Å²) in [6.07, 6.45) is 5.40. The number of hydrogen-bond acceptors (Lipinski definition) is 8. The fourth-order valence-corrected chi connectivity index (χ4v) is 4.55. The molecule has 8 nitrogen and oxygen atoms in total. The summed E-state index contributed by atoms with van der Waals surface area (Å²) in [5.41, 5.74) is 7.11. The SMILES string of the molecule is C/C=C(\C)C(=O)OC(C)(C)[C@]1(CC2=C(CC=O)CNC(N)=C2)Cc2cc3ccc(=O)oc3cc2O1. The number of nitrogens with one attached hydrogen (secondary N) is 1. The monoisotopic (exact) mass is 478 g/mol. The van der Waals surface area contributed by atoms with Crippen molar-refractivity contribution in [3.63, 3.8) is 0 Å². The second kappa shape index (κ2) is 9.09. The number of carbonyl (C=O) groups excluding carboxylic acids is 2. The molecule has 1 aromatic heterocycles. The molecule has 2 aromatic rings. The number of fused-ring (bicyclic) bond motifs is 2. The lowest BCUT2D eigenvalue weighted by Crippen LogP contribution is -2.56. The molecule has 35 heavy (non-hydrogen) atoms. The number of hydrogen-bond donors (Lipinski definition) is 2. The van der Waals surface area contributed by atoms with Gasteiger partial charge in [0.1, 0.15) is 23.2 Å². The van der Waals surface area contributed by atoms with Crippen LogP contribution in [0, 0.1) is 0 Å². The highest BCUT2D eigenvalue weighted by molar-refractivity contribution is 5.88. The Balaban J connectivity index is 1.82. The molecule has 1 atom stereocenters. The van der Waals surface area contributed by atoms with Gasteiger partial charge in [0.05, 0.1) is 5.82 Å². The molecule has 2 aliphatic rings. The van der Waals surface area contributed by atoms with Crippen LogP contribution in [0.25, 0.3) is 11.0 Å². The van der Waals surface area contributed by atoms with Gasteiger partial charge in [0.25, 0.3) is 0 Å². The van der Waals surface area contributed by atoms with E-state index in [1.165, 1.54) is 6.07 Å². The maximum absolute atomic E-state index is 12.8. The molecule has 0 fully saturated rings. The van der Waals surface area contributed by atoms with Gasteiger partial charge in [0.2, 0.25) is 0 Å². The average molecular weight is 479 g/mol. The molecule has 3 N–H and O–H groups in total. The zero-order valence-corrected chi connectivity index (χ0v) is 20.4. The van der Waals surface area contributed by atoms with Crippen LogP contribution in [-0.4, -0.2) is 30.0 Å². The Bertz CT molecular complexity index is 1350. The van der Waals surface area contributed by atoms with Crippen molar-refractivity contribution in [2.75, 3.05) is 6.54 Å². The van der Waals surface area contributed by atoms with Gasteiger partial charge in [0, 0.05) is 48.9 Å². The third-order valence-corrected chi connectivity index (χ3v) is 6.88. The van der Waals surface area contributed by atoms with Gasteiger partial charge in [-0.25, -0.2) is 9.59 Å². The zero-order chi connectivity index (χ0) is 25.4. The van der Waals surface area contributed by atoms with Gasteiger partial charge < -0.3 is 29.7 Å². The van der Waals surface area contributed by atoms with Crippen LogP contribution < -0.4 is 21.4 Å². The molecular weight excluding hydrogens is 448 g/mol. The van der Waals surface area contributed by atoms with Gasteiger partial charge in [-0.05, 0) is 62.6 Å². The number of esters is 1. The van der Waals surface area contributed by atoms with Crippen molar-refractivity contribution in [3.8, 4) is 5.75 Å². The Labute approximate surface area is 203 Å². The largest absolute Gasteiger partial charge is 0.482 e. The van der Waals surface area contributed by atoms with E-state index >= 15 is 0 Å². The molecule has 2 aliphatic heterocycles. The molecule has 0 unspecified atom stereocenters. The summed E-state index contributed by atoms with van der Waals surface area (Å²) in [7, 11) is 0. The van der Waals surface area contributed by atoms with Crippen LogP contribution in [0.4, 0.5) is 0 Å². The molecule has 1 aromatic carbocycles. The standard InChI is InChI=1S/C27H30N2O6/c1-5-16(2)25(32)35-26(3,4)27(13-19-11-23(28)29-15-18(19)8-9-30)14-20-10-17-6-7-24(31)33-21(17)12-22(20)34-27/h5-7,9-12,29H,8,13-15,28H2,1-4H3/b16-5+/t27-/m0/s1. The highest BCUT2D eigenvalue weighted by atomic mass is 16.6. The Morgan fingerprint density at radius 2 is 2.09 bits per heavy atom. The van der Waals surface area contributed by atoms with E-state index in [2.05, 4.69) is 5.32 Å². The van der Waals surface area contributed by atoms with E-state index in [9.17, 15) is 14.4 Å². The summed E-state index contributed by atoms with van der Waals surface area (Å²) in [5, 5.41) is 3.84. The van der Waals surface area contributed by atoms with Gasteiger partial charge in [-0.15, -0.1) is 0 Å². The predicted molar refractivity (Wildman–Crippen MR) is 132 cm³/mol. The maximum Gasteiger partial charge on any atom is 0.336 e. The van der Waals surface area contributed by atoms with E-state index in [0.29, 0.717) is 42.1 Å². The van der Waals surface area contributed by atoms with Crippen molar-refractivity contribution in [2.45, 2.75) is 58.2 Å². The molecular formula is C27H30N2O6. The highest BCUT2D eigenvalue weighted by Gasteiger charge is 2.54. The van der Waals surface area contributed by atoms with Crippen LogP contribution >= 0.6 is 0 Å². The van der Waals surface area contributed by atoms with Crippen LogP contribution in [-0.2, 0) is 20.7 Å². The molecule has 0 saturated heterocycles. The first kappa shape index (κ1) is 24.3. The van der Waals surface area contributed by atoms with Gasteiger partial charge in [-0.3, -0.25) is 0 Å². The Kier molecular flexibility index (Phi) is 6.32. The van der Waals surface area contributed by atoms with Crippen LogP contribution in [0.15, 0.2) is 68.2 Å². The summed E-state index contributed by atoms with van der Waals surface area (Å²) in [6, 6.07) is 6.72. The molecule has 3 heterocycles. The first-order chi connectivity index (χ1) is 16.6. The Morgan fingerprint density at radius 1 is 1.31 bits per heavy atom. The van der Waals surface area contributed by atoms with Crippen LogP contribution in [0.1, 0.15) is 46.1 Å². The van der Waals surface area contributed by atoms with Crippen molar-refractivity contribution < 1.29 is 23.5 Å². The van der Waals surface area contributed by atoms with Gasteiger partial charge in [-0.2, -0.15) is 0 Å². The first-order valence-electron chi connectivity index (χ1n) is 11.5. The molecule has 0 aliphatic carbocycles. The minimum absolute atomic E-state index is 0.252. The van der Waals surface area contributed by atoms with Crippen molar-refractivity contribution in [2.24, 2.45) is 5.73 Å². The van der Waals surface area contributed by atoms with Crippen molar-refractivity contribution in [1.82, 2.24) is 5.32 Å². The summed E-state index contributed by atoms with van der Waals surface area (Å²) < 4.78 is 18.0. The Hall–Kier alpha value is -3.81. The number of rotatable bonds is 7. The van der Waals surface area contributed by atoms with Crippen LogP contribution in [0.5, 0.6) is 5.75 Å². The fraction of sp³-hybridized carbons (Fsp3) is 0.370. The molecule has 4 rings (SSSR count). The molecule has 0 radical (unpaired) electrons. The third kappa shape index (κ3) is 4.60. The molecule has 8 heteroatoms. The molecule has 184 valence electrons. The fourth-order valence-electron chi connectivity index (χ4n) is 4.55. The third-order valence-electron chi connectivity index (χ3n) is 6.88. The summed E-state index contributed by atoms with van der Waals surface area (Å²) in [6.45, 7) is 7.58. The van der Waals surface area contributed by atoms with Crippen LogP contribution in [0.2, 0.25) is 0 Å². The number of dihydropyridines is 1. The van der Waals surface area contributed by atoms with Crippen molar-refractivity contribution >= 4 is 23.2 Å². The quantitative estimate of drug-likeness (QED) is 0.269. The highest BCUT2D eigenvalue weighted by Crippen LogP contribution is 2.48. The second-order valence-corrected chi connectivity index (χ2v) is 9.53. The minimum atomic E-state index is -1.08. The minimum Gasteiger partial charge on any atom is -0.482 e. The van der Waals surface area contributed by atoms with E-state index in [4.69, 9.17) is 19.6 Å². The second-order valence-electron chi connectivity index (χ2n) is 9.53. The first-order valence-corrected chi connectivity index (χ1v) is 11.5. The zero-order valence-electron chi connectivity index (χ0n) is 20.4. The smallest absolute Gasteiger partial charge is 0.336 e. The lowest BCUT2D eigenvalue weighted by Gasteiger charge is -2.43. The van der Waals surface area contributed by atoms with E-state index < -0.39 is 22.8 Å². The number of benzene rings is 1. The molecule has 0 saturated carbocycles. The topological polar surface area (TPSA) is 121 Å². The Morgan fingerprint density at radius 3 is 2.80 bits per heavy atom. The number of nitrogens with two attached hydrogens (primary N) is 1. The van der Waals surface area contributed by atoms with Crippen LogP contribution in [0.3, 0.4) is 0 Å². The molecule has 0 spiro atoms. The van der Waals surface area contributed by atoms with Gasteiger partial charge >= 0.3 is 11.6 Å². The lowest BCUT2D eigenvalue weighted by atomic mass is 9.76. The molecule has 0 amide bonds.